The molecule has 3 aromatic rings. The van der Waals surface area contributed by atoms with E-state index in [-0.39, 0.29) is 5.43 Å². The SMILES string of the molecule is CN(C)Cc1c(Cl)ccc2c(=O)c3ccccc3oc12. The number of halogens is 1. The van der Waals surface area contributed by atoms with Gasteiger partial charge in [-0.25, -0.2) is 0 Å². The number of hydrogen-bond acceptors (Lipinski definition) is 3. The van der Waals surface area contributed by atoms with Crippen LogP contribution in [-0.2, 0) is 6.54 Å². The molecule has 3 rings (SSSR count). The molecule has 0 N–H and O–H groups in total. The number of fused-ring (bicyclic) bond motifs is 2. The van der Waals surface area contributed by atoms with Crippen LogP contribution in [0.15, 0.2) is 45.6 Å². The first-order valence-corrected chi connectivity index (χ1v) is 6.73. The largest absolute Gasteiger partial charge is 0.455 e. The maximum absolute atomic E-state index is 12.5. The maximum atomic E-state index is 12.5. The van der Waals surface area contributed by atoms with Crippen LogP contribution in [0.1, 0.15) is 5.56 Å². The summed E-state index contributed by atoms with van der Waals surface area (Å²) in [5.41, 5.74) is 2.00. The van der Waals surface area contributed by atoms with Crippen molar-refractivity contribution in [2.45, 2.75) is 6.54 Å². The third-order valence-electron chi connectivity index (χ3n) is 3.27. The summed E-state index contributed by atoms with van der Waals surface area (Å²) in [6.45, 7) is 0.622. The normalized spacial score (nSPS) is 11.6. The second-order valence-corrected chi connectivity index (χ2v) is 5.47. The van der Waals surface area contributed by atoms with Crippen molar-refractivity contribution in [2.75, 3.05) is 14.1 Å². The standard InChI is InChI=1S/C16H14ClNO2/c1-18(2)9-12-13(17)8-7-11-15(19)10-5-3-4-6-14(10)20-16(11)12/h3-8H,9H2,1-2H3. The van der Waals surface area contributed by atoms with Gasteiger partial charge in [0.15, 0.2) is 0 Å². The van der Waals surface area contributed by atoms with E-state index >= 15 is 0 Å². The molecular weight excluding hydrogens is 274 g/mol. The van der Waals surface area contributed by atoms with Crippen LogP contribution in [0.2, 0.25) is 5.02 Å². The topological polar surface area (TPSA) is 33.5 Å². The highest BCUT2D eigenvalue weighted by Gasteiger charge is 2.14. The van der Waals surface area contributed by atoms with Crippen LogP contribution in [0.4, 0.5) is 0 Å². The van der Waals surface area contributed by atoms with Crippen LogP contribution >= 0.6 is 11.6 Å². The molecule has 0 spiro atoms. The van der Waals surface area contributed by atoms with E-state index in [0.29, 0.717) is 33.5 Å². The highest BCUT2D eigenvalue weighted by atomic mass is 35.5. The summed E-state index contributed by atoms with van der Waals surface area (Å²) in [7, 11) is 3.91. The summed E-state index contributed by atoms with van der Waals surface area (Å²) in [4.78, 5) is 14.5. The van der Waals surface area contributed by atoms with E-state index in [4.69, 9.17) is 16.0 Å². The summed E-state index contributed by atoms with van der Waals surface area (Å²) in [6, 6.07) is 10.8. The number of benzene rings is 2. The van der Waals surface area contributed by atoms with E-state index < -0.39 is 0 Å². The van der Waals surface area contributed by atoms with Gasteiger partial charge in [-0.2, -0.15) is 0 Å². The monoisotopic (exact) mass is 287 g/mol. The fourth-order valence-electron chi connectivity index (χ4n) is 2.36. The van der Waals surface area contributed by atoms with E-state index in [1.165, 1.54) is 0 Å². The van der Waals surface area contributed by atoms with Crippen molar-refractivity contribution in [3.63, 3.8) is 0 Å². The summed E-state index contributed by atoms with van der Waals surface area (Å²) in [6.07, 6.45) is 0. The zero-order valence-corrected chi connectivity index (χ0v) is 12.1. The van der Waals surface area contributed by atoms with Gasteiger partial charge in [-0.05, 0) is 38.4 Å². The van der Waals surface area contributed by atoms with E-state index in [2.05, 4.69) is 0 Å². The molecule has 3 nitrogen and oxygen atoms in total. The fraction of sp³-hybridized carbons (Fsp3) is 0.188. The van der Waals surface area contributed by atoms with Gasteiger partial charge in [-0.3, -0.25) is 4.79 Å². The predicted molar refractivity (Wildman–Crippen MR) is 82.4 cm³/mol. The van der Waals surface area contributed by atoms with E-state index in [1.807, 2.05) is 31.1 Å². The number of para-hydroxylation sites is 1. The van der Waals surface area contributed by atoms with Gasteiger partial charge in [0.2, 0.25) is 5.43 Å². The summed E-state index contributed by atoms with van der Waals surface area (Å²) in [5, 5.41) is 1.78. The molecule has 0 fully saturated rings. The zero-order chi connectivity index (χ0) is 14.3. The molecule has 0 aliphatic heterocycles. The quantitative estimate of drug-likeness (QED) is 0.675. The minimum Gasteiger partial charge on any atom is -0.455 e. The van der Waals surface area contributed by atoms with Crippen molar-refractivity contribution in [3.8, 4) is 0 Å². The molecule has 4 heteroatoms. The lowest BCUT2D eigenvalue weighted by atomic mass is 10.1. The Kier molecular flexibility index (Phi) is 3.24. The van der Waals surface area contributed by atoms with Gasteiger partial charge in [-0.1, -0.05) is 23.7 Å². The first-order chi connectivity index (χ1) is 9.58. The van der Waals surface area contributed by atoms with Crippen molar-refractivity contribution in [1.82, 2.24) is 4.90 Å². The Balaban J connectivity index is 2.45. The zero-order valence-electron chi connectivity index (χ0n) is 11.3. The van der Waals surface area contributed by atoms with Crippen LogP contribution < -0.4 is 5.43 Å². The molecule has 0 aliphatic carbocycles. The minimum absolute atomic E-state index is 0.0153. The van der Waals surface area contributed by atoms with Gasteiger partial charge >= 0.3 is 0 Å². The lowest BCUT2D eigenvalue weighted by Gasteiger charge is -2.13. The van der Waals surface area contributed by atoms with Crippen molar-refractivity contribution in [1.29, 1.82) is 0 Å². The van der Waals surface area contributed by atoms with Crippen LogP contribution in [-0.4, -0.2) is 19.0 Å². The average molecular weight is 288 g/mol. The highest BCUT2D eigenvalue weighted by Crippen LogP contribution is 2.28. The summed E-state index contributed by atoms with van der Waals surface area (Å²) >= 11 is 6.26. The van der Waals surface area contributed by atoms with Crippen molar-refractivity contribution in [2.24, 2.45) is 0 Å². The lowest BCUT2D eigenvalue weighted by Crippen LogP contribution is -2.12. The smallest absolute Gasteiger partial charge is 0.200 e. The first-order valence-electron chi connectivity index (χ1n) is 6.35. The number of nitrogens with zero attached hydrogens (tertiary/aromatic N) is 1. The van der Waals surface area contributed by atoms with Crippen molar-refractivity contribution in [3.05, 3.63) is 57.2 Å². The van der Waals surface area contributed by atoms with E-state index in [1.54, 1.807) is 24.3 Å². The molecule has 102 valence electrons. The van der Waals surface area contributed by atoms with Crippen molar-refractivity contribution < 1.29 is 4.42 Å². The number of rotatable bonds is 2. The maximum Gasteiger partial charge on any atom is 0.200 e. The molecule has 0 saturated heterocycles. The molecule has 0 atom stereocenters. The minimum atomic E-state index is -0.0153. The molecular formula is C16H14ClNO2. The highest BCUT2D eigenvalue weighted by molar-refractivity contribution is 6.32. The molecule has 0 radical (unpaired) electrons. The Morgan fingerprint density at radius 1 is 1.10 bits per heavy atom. The van der Waals surface area contributed by atoms with Crippen molar-refractivity contribution >= 4 is 33.5 Å². The Labute approximate surface area is 121 Å². The second-order valence-electron chi connectivity index (χ2n) is 5.07. The Morgan fingerprint density at radius 2 is 1.85 bits per heavy atom. The summed E-state index contributed by atoms with van der Waals surface area (Å²) < 4.78 is 5.93. The van der Waals surface area contributed by atoms with Gasteiger partial charge in [0.1, 0.15) is 11.2 Å². The Morgan fingerprint density at radius 3 is 2.60 bits per heavy atom. The second kappa shape index (κ2) is 4.93. The molecule has 20 heavy (non-hydrogen) atoms. The molecule has 1 heterocycles. The van der Waals surface area contributed by atoms with Gasteiger partial charge in [0, 0.05) is 17.1 Å². The van der Waals surface area contributed by atoms with E-state index in [0.717, 1.165) is 5.56 Å². The fourth-order valence-corrected chi connectivity index (χ4v) is 2.57. The number of hydrogen-bond donors (Lipinski definition) is 0. The Bertz CT molecular complexity index is 852. The van der Waals surface area contributed by atoms with Crippen LogP contribution in [0, 0.1) is 0 Å². The summed E-state index contributed by atoms with van der Waals surface area (Å²) in [5.74, 6) is 0. The molecule has 0 bridgehead atoms. The molecule has 2 aromatic carbocycles. The van der Waals surface area contributed by atoms with Gasteiger partial charge in [-0.15, -0.1) is 0 Å². The molecule has 0 unspecified atom stereocenters. The molecule has 0 amide bonds. The molecule has 0 saturated carbocycles. The van der Waals surface area contributed by atoms with Crippen LogP contribution in [0.5, 0.6) is 0 Å². The third-order valence-corrected chi connectivity index (χ3v) is 3.62. The lowest BCUT2D eigenvalue weighted by molar-refractivity contribution is 0.401. The predicted octanol–water partition coefficient (Wildman–Crippen LogP) is 3.66. The van der Waals surface area contributed by atoms with Gasteiger partial charge in [0.05, 0.1) is 10.8 Å². The molecule has 1 aromatic heterocycles. The van der Waals surface area contributed by atoms with E-state index in [9.17, 15) is 4.79 Å². The van der Waals surface area contributed by atoms with Crippen LogP contribution in [0.25, 0.3) is 21.9 Å². The average Bonchev–Trinajstić information content (AvgIpc) is 2.42. The molecule has 0 aliphatic rings. The van der Waals surface area contributed by atoms with Gasteiger partial charge in [0.25, 0.3) is 0 Å². The third kappa shape index (κ3) is 2.09. The van der Waals surface area contributed by atoms with Crippen LogP contribution in [0.3, 0.4) is 0 Å². The van der Waals surface area contributed by atoms with Gasteiger partial charge < -0.3 is 9.32 Å². The Hall–Kier alpha value is -1.84. The first kappa shape index (κ1) is 13.2.